The van der Waals surface area contributed by atoms with E-state index in [0.717, 1.165) is 0 Å². The van der Waals surface area contributed by atoms with Crippen molar-refractivity contribution in [3.63, 3.8) is 0 Å². The molecule has 0 spiro atoms. The van der Waals surface area contributed by atoms with E-state index in [1.54, 1.807) is 22.6 Å². The molecule has 0 aromatic heterocycles. The third kappa shape index (κ3) is 104. The molecular weight excluding hydrogens is 423 g/mol. The second kappa shape index (κ2) is 43.7. The molecule has 0 rings (SSSR count). The first-order valence-electron chi connectivity index (χ1n) is 2.08. The van der Waals surface area contributed by atoms with Crippen LogP contribution in [0.1, 0.15) is 0 Å². The van der Waals surface area contributed by atoms with Crippen LogP contribution < -0.4 is 74.4 Å². The molecule has 0 aliphatic heterocycles. The van der Waals surface area contributed by atoms with Crippen LogP contribution in [0.3, 0.4) is 0 Å². The van der Waals surface area contributed by atoms with E-state index in [1.165, 1.54) is 0 Å². The van der Waals surface area contributed by atoms with E-state index in [1.807, 2.05) is 0 Å². The van der Waals surface area contributed by atoms with Gasteiger partial charge in [0.2, 0.25) is 0 Å². The smallest absolute Gasteiger partial charge is 0.847 e. The van der Waals surface area contributed by atoms with Crippen molar-refractivity contribution in [1.29, 1.82) is 0 Å². The molecular formula is C3H6BrCaINNa2O5+. The summed E-state index contributed by atoms with van der Waals surface area (Å²) < 4.78 is -0.0300. The van der Waals surface area contributed by atoms with Crippen LogP contribution in [0, 0.1) is 10.1 Å². The Balaban J connectivity index is -0.0000000162. The van der Waals surface area contributed by atoms with E-state index in [-0.39, 0.29) is 107 Å². The summed E-state index contributed by atoms with van der Waals surface area (Å²) in [7, 11) is 0. The minimum absolute atomic E-state index is 0. The molecule has 14 heavy (non-hydrogen) atoms. The standard InChI is InChI=1S/CH2BrO.CH2IO.CH2NO3.Ca.2Na/c2*2-1-3;3-1-2(4)5;;;/h2*1H2;1H2;;;/q3*-1;+2;2*+1. The molecule has 0 bridgehead atoms. The van der Waals surface area contributed by atoms with E-state index in [2.05, 4.69) is 15.9 Å². The molecule has 0 radical (unpaired) electrons. The zero-order chi connectivity index (χ0) is 9.70. The Kier molecular flexibility index (Phi) is 113. The van der Waals surface area contributed by atoms with Crippen molar-refractivity contribution in [3.05, 3.63) is 10.1 Å². The van der Waals surface area contributed by atoms with Crippen molar-refractivity contribution < 1.29 is 79.4 Å². The van der Waals surface area contributed by atoms with Gasteiger partial charge in [-0.15, -0.1) is 38.5 Å². The Morgan fingerprint density at radius 3 is 1.29 bits per heavy atom. The zero-order valence-electron chi connectivity index (χ0n) is 8.07. The third-order valence-corrected chi connectivity index (χ3v) is 0.105. The van der Waals surface area contributed by atoms with Gasteiger partial charge in [0, 0.05) is 4.92 Å². The maximum absolute atomic E-state index is 8.93. The van der Waals surface area contributed by atoms with Crippen LogP contribution in [0.25, 0.3) is 0 Å². The second-order valence-corrected chi connectivity index (χ2v) is 1.76. The fraction of sp³-hybridized carbons (Fsp3) is 1.00. The molecule has 0 fully saturated rings. The molecule has 0 aliphatic rings. The summed E-state index contributed by atoms with van der Waals surface area (Å²) in [6.45, 7) is -1.22. The van der Waals surface area contributed by atoms with Crippen molar-refractivity contribution in [1.82, 2.24) is 0 Å². The van der Waals surface area contributed by atoms with Gasteiger partial charge in [0.1, 0.15) is 6.73 Å². The quantitative estimate of drug-likeness (QED) is 0.103. The van der Waals surface area contributed by atoms with Crippen molar-refractivity contribution in [2.75, 3.05) is 16.9 Å². The topological polar surface area (TPSA) is 112 Å². The number of hydrogen-bond donors (Lipinski definition) is 0. The fourth-order valence-electron chi connectivity index (χ4n) is 0. The molecule has 0 heterocycles. The summed E-state index contributed by atoms with van der Waals surface area (Å²) in [6.07, 6.45) is 0. The first-order chi connectivity index (χ1) is 5.10. The maximum atomic E-state index is 8.93. The molecule has 0 aromatic rings. The first-order valence-corrected chi connectivity index (χ1v) is 4.73. The van der Waals surface area contributed by atoms with Gasteiger partial charge in [-0.1, -0.05) is 10.1 Å². The van der Waals surface area contributed by atoms with Crippen molar-refractivity contribution >= 4 is 76.3 Å². The number of nitrogens with zero attached hydrogens (tertiary/aromatic N) is 1. The minimum atomic E-state index is -1.22. The van der Waals surface area contributed by atoms with Gasteiger partial charge in [-0.25, -0.2) is 0 Å². The van der Waals surface area contributed by atoms with Gasteiger partial charge in [0.25, 0.3) is 0 Å². The summed E-state index contributed by atoms with van der Waals surface area (Å²) in [5.74, 6) is 0. The van der Waals surface area contributed by atoms with Crippen molar-refractivity contribution in [3.8, 4) is 0 Å². The molecule has 0 amide bonds. The second-order valence-electron chi connectivity index (χ2n) is 0.680. The average Bonchev–Trinajstić information content (AvgIpc) is 1.91. The summed E-state index contributed by atoms with van der Waals surface area (Å²) in [5, 5.41) is 35.6. The molecule has 0 aliphatic carbocycles. The Morgan fingerprint density at radius 1 is 1.21 bits per heavy atom. The molecule has 0 atom stereocenters. The number of hydrogen-bond acceptors (Lipinski definition) is 5. The minimum Gasteiger partial charge on any atom is -0.847 e. The van der Waals surface area contributed by atoms with Crippen molar-refractivity contribution in [2.24, 2.45) is 0 Å². The summed E-state index contributed by atoms with van der Waals surface area (Å²) in [6, 6.07) is 0. The molecule has 6 nitrogen and oxygen atoms in total. The predicted octanol–water partition coefficient (Wildman–Crippen LogP) is -8.35. The molecule has 70 valence electrons. The van der Waals surface area contributed by atoms with E-state index in [9.17, 15) is 0 Å². The van der Waals surface area contributed by atoms with E-state index >= 15 is 0 Å². The van der Waals surface area contributed by atoms with Crippen LogP contribution >= 0.6 is 38.5 Å². The van der Waals surface area contributed by atoms with Gasteiger partial charge in [0.15, 0.2) is 0 Å². The Labute approximate surface area is 179 Å². The number of nitro groups is 1. The molecule has 0 saturated carbocycles. The first kappa shape index (κ1) is 36.1. The van der Waals surface area contributed by atoms with Crippen LogP contribution in [0.5, 0.6) is 0 Å². The molecule has 0 unspecified atom stereocenters. The van der Waals surface area contributed by atoms with Gasteiger partial charge in [-0.3, -0.25) is 10.1 Å². The zero-order valence-corrected chi connectivity index (χ0v) is 18.0. The number of alkyl halides is 2. The van der Waals surface area contributed by atoms with E-state index in [0.29, 0.717) is 0 Å². The fourth-order valence-corrected chi connectivity index (χ4v) is 0. The molecule has 0 saturated heterocycles. The number of rotatable bonds is 1. The average molecular weight is 429 g/mol. The van der Waals surface area contributed by atoms with Crippen LogP contribution in [-0.4, -0.2) is 59.5 Å². The predicted molar refractivity (Wildman–Crippen MR) is 50.3 cm³/mol. The van der Waals surface area contributed by atoms with Gasteiger partial charge >= 0.3 is 96.9 Å². The van der Waals surface area contributed by atoms with Crippen LogP contribution in [0.4, 0.5) is 0 Å². The monoisotopic (exact) mass is 428 g/mol. The van der Waals surface area contributed by atoms with Crippen LogP contribution in [-0.2, 0) is 0 Å². The van der Waals surface area contributed by atoms with Crippen LogP contribution in [0.15, 0.2) is 0 Å². The van der Waals surface area contributed by atoms with Gasteiger partial charge in [-0.2, -0.15) is 0 Å². The van der Waals surface area contributed by atoms with Crippen LogP contribution in [0.2, 0.25) is 0 Å². The molecule has 0 N–H and O–H groups in total. The number of halogens is 2. The SMILES string of the molecule is O=[N+]([O-])C[O-].[Ca+2].[Na+].[Na+].[O-]CBr.[O-]CI. The molecule has 0 aromatic carbocycles. The maximum Gasteiger partial charge on any atom is 2.00 e. The van der Waals surface area contributed by atoms with E-state index in [4.69, 9.17) is 25.4 Å². The van der Waals surface area contributed by atoms with Gasteiger partial charge < -0.3 is 15.3 Å². The molecule has 11 heteroatoms. The van der Waals surface area contributed by atoms with E-state index < -0.39 is 11.7 Å². The van der Waals surface area contributed by atoms with Crippen molar-refractivity contribution in [2.45, 2.75) is 0 Å². The summed E-state index contributed by atoms with van der Waals surface area (Å²) in [5.41, 5.74) is -0.188. The Hall–Kier alpha value is 3.75. The normalized spacial score (nSPS) is 5.21. The summed E-state index contributed by atoms with van der Waals surface area (Å²) >= 11 is 4.32. The third-order valence-electron chi connectivity index (χ3n) is 0.105. The van der Waals surface area contributed by atoms with Gasteiger partial charge in [0.05, 0.1) is 0 Å². The summed E-state index contributed by atoms with van der Waals surface area (Å²) in [4.78, 5) is 7.93. The van der Waals surface area contributed by atoms with Gasteiger partial charge in [-0.05, 0) is 0 Å². The largest absolute Gasteiger partial charge is 2.00 e. The Morgan fingerprint density at radius 2 is 1.29 bits per heavy atom. The Bertz CT molecular complexity index is 86.0.